The fraction of sp³-hybridized carbons (Fsp3) is 0.385. The van der Waals surface area contributed by atoms with Gasteiger partial charge in [0.1, 0.15) is 5.82 Å². The van der Waals surface area contributed by atoms with Gasteiger partial charge in [-0.1, -0.05) is 23.8 Å². The van der Waals surface area contributed by atoms with Gasteiger partial charge in [0.05, 0.1) is 10.0 Å². The summed E-state index contributed by atoms with van der Waals surface area (Å²) < 4.78 is 13.4. The van der Waals surface area contributed by atoms with E-state index in [0.717, 1.165) is 0 Å². The normalized spacial score (nSPS) is 16.2. The summed E-state index contributed by atoms with van der Waals surface area (Å²) in [6.45, 7) is 3.13. The number of halogens is 2. The molecule has 0 aliphatic carbocycles. The van der Waals surface area contributed by atoms with Gasteiger partial charge in [0.15, 0.2) is 0 Å². The Balaban J connectivity index is 1.97. The molecule has 2 rings (SSSR count). The second-order valence-corrected chi connectivity index (χ2v) is 5.60. The van der Waals surface area contributed by atoms with E-state index in [0.29, 0.717) is 43.3 Å². The van der Waals surface area contributed by atoms with E-state index in [4.69, 9.17) is 29.6 Å². The van der Waals surface area contributed by atoms with Gasteiger partial charge in [-0.3, -0.25) is 9.69 Å². The molecule has 1 saturated heterocycles. The molecule has 0 saturated carbocycles. The van der Waals surface area contributed by atoms with E-state index in [1.165, 1.54) is 18.2 Å². The smallest absolute Gasteiger partial charge is 0.254 e. The van der Waals surface area contributed by atoms with Gasteiger partial charge in [-0.2, -0.15) is 0 Å². The first-order chi connectivity index (χ1) is 9.47. The highest BCUT2D eigenvalue weighted by atomic mass is 35.5. The molecule has 0 aromatic heterocycles. The lowest BCUT2D eigenvalue weighted by atomic mass is 10.1. The van der Waals surface area contributed by atoms with Crippen LogP contribution in [-0.4, -0.2) is 53.4 Å². The maximum atomic E-state index is 13.4. The van der Waals surface area contributed by atoms with E-state index >= 15 is 0 Å². The summed E-state index contributed by atoms with van der Waals surface area (Å²) in [6.07, 6.45) is 0. The SMILES string of the molecule is NC(=S)CN1CCN(C(=O)c2ccc(Cl)c(F)c2)CC1. The fourth-order valence-electron chi connectivity index (χ4n) is 2.14. The fourth-order valence-corrected chi connectivity index (χ4v) is 2.44. The van der Waals surface area contributed by atoms with Crippen molar-refractivity contribution in [3.63, 3.8) is 0 Å². The molecular weight excluding hydrogens is 301 g/mol. The minimum absolute atomic E-state index is 0.0165. The molecule has 1 aliphatic rings. The number of thiocarbonyl (C=S) groups is 1. The summed E-state index contributed by atoms with van der Waals surface area (Å²) in [5.41, 5.74) is 5.81. The number of benzene rings is 1. The van der Waals surface area contributed by atoms with E-state index < -0.39 is 5.82 Å². The number of rotatable bonds is 3. The standard InChI is InChI=1S/C13H15ClFN3OS/c14-10-2-1-9(7-11(10)15)13(19)18-5-3-17(4-6-18)8-12(16)20/h1-2,7H,3-6,8H2,(H2,16,20). The van der Waals surface area contributed by atoms with Crippen molar-refractivity contribution in [1.82, 2.24) is 9.80 Å². The first-order valence-electron chi connectivity index (χ1n) is 6.22. The number of amides is 1. The molecule has 4 nitrogen and oxygen atoms in total. The van der Waals surface area contributed by atoms with Crippen molar-refractivity contribution < 1.29 is 9.18 Å². The van der Waals surface area contributed by atoms with Gasteiger partial charge < -0.3 is 10.6 Å². The highest BCUT2D eigenvalue weighted by Crippen LogP contribution is 2.17. The van der Waals surface area contributed by atoms with Crippen molar-refractivity contribution in [2.24, 2.45) is 5.73 Å². The van der Waals surface area contributed by atoms with Crippen molar-refractivity contribution in [1.29, 1.82) is 0 Å². The Morgan fingerprint density at radius 3 is 2.55 bits per heavy atom. The van der Waals surface area contributed by atoms with E-state index in [-0.39, 0.29) is 10.9 Å². The molecule has 1 amide bonds. The average Bonchev–Trinajstić information content (AvgIpc) is 2.41. The lowest BCUT2D eigenvalue weighted by Gasteiger charge is -2.34. The largest absolute Gasteiger partial charge is 0.392 e. The number of carbonyl (C=O) groups excluding carboxylic acids is 1. The summed E-state index contributed by atoms with van der Waals surface area (Å²) in [6, 6.07) is 4.11. The van der Waals surface area contributed by atoms with Crippen LogP contribution in [0.2, 0.25) is 5.02 Å². The van der Waals surface area contributed by atoms with Crippen LogP contribution in [0.15, 0.2) is 18.2 Å². The molecule has 0 atom stereocenters. The minimum Gasteiger partial charge on any atom is -0.392 e. The Morgan fingerprint density at radius 1 is 1.35 bits per heavy atom. The predicted molar refractivity (Wildman–Crippen MR) is 80.5 cm³/mol. The molecule has 1 heterocycles. The zero-order valence-electron chi connectivity index (χ0n) is 10.8. The molecule has 7 heteroatoms. The van der Waals surface area contributed by atoms with Crippen molar-refractivity contribution in [3.05, 3.63) is 34.6 Å². The van der Waals surface area contributed by atoms with Crippen LogP contribution >= 0.6 is 23.8 Å². The van der Waals surface area contributed by atoms with Crippen LogP contribution in [0.5, 0.6) is 0 Å². The summed E-state index contributed by atoms with van der Waals surface area (Å²) >= 11 is 10.5. The third-order valence-corrected chi connectivity index (χ3v) is 3.64. The summed E-state index contributed by atoms with van der Waals surface area (Å²) in [4.78, 5) is 16.5. The maximum Gasteiger partial charge on any atom is 0.254 e. The summed E-state index contributed by atoms with van der Waals surface area (Å²) in [5, 5.41) is 0.0165. The molecule has 0 unspecified atom stereocenters. The first-order valence-corrected chi connectivity index (χ1v) is 7.01. The topological polar surface area (TPSA) is 49.6 Å². The molecule has 1 aromatic carbocycles. The highest BCUT2D eigenvalue weighted by molar-refractivity contribution is 7.80. The number of carbonyl (C=O) groups is 1. The van der Waals surface area contributed by atoms with Gasteiger partial charge in [0, 0.05) is 38.3 Å². The van der Waals surface area contributed by atoms with Crippen LogP contribution in [-0.2, 0) is 0 Å². The Bertz CT molecular complexity index is 532. The van der Waals surface area contributed by atoms with Crippen molar-refractivity contribution >= 4 is 34.7 Å². The second-order valence-electron chi connectivity index (χ2n) is 4.66. The van der Waals surface area contributed by atoms with Crippen LogP contribution < -0.4 is 5.73 Å². The number of hydrogen-bond acceptors (Lipinski definition) is 3. The highest BCUT2D eigenvalue weighted by Gasteiger charge is 2.22. The quantitative estimate of drug-likeness (QED) is 0.859. The van der Waals surface area contributed by atoms with Crippen molar-refractivity contribution in [2.75, 3.05) is 32.7 Å². The minimum atomic E-state index is -0.579. The predicted octanol–water partition coefficient (Wildman–Crippen LogP) is 1.52. The molecule has 20 heavy (non-hydrogen) atoms. The van der Waals surface area contributed by atoms with Crippen molar-refractivity contribution in [3.8, 4) is 0 Å². The zero-order valence-corrected chi connectivity index (χ0v) is 12.4. The molecular formula is C13H15ClFN3OS. The Kier molecular flexibility index (Phi) is 4.91. The van der Waals surface area contributed by atoms with E-state index in [1.54, 1.807) is 4.90 Å². The zero-order chi connectivity index (χ0) is 14.7. The number of hydrogen-bond donors (Lipinski definition) is 1. The average molecular weight is 316 g/mol. The van der Waals surface area contributed by atoms with Crippen LogP contribution in [0.25, 0.3) is 0 Å². The van der Waals surface area contributed by atoms with Crippen LogP contribution in [0, 0.1) is 5.82 Å². The molecule has 2 N–H and O–H groups in total. The molecule has 108 valence electrons. The summed E-state index contributed by atoms with van der Waals surface area (Å²) in [7, 11) is 0. The van der Waals surface area contributed by atoms with Gasteiger partial charge >= 0.3 is 0 Å². The molecule has 1 aliphatic heterocycles. The molecule has 0 radical (unpaired) electrons. The molecule has 0 spiro atoms. The maximum absolute atomic E-state index is 13.4. The number of piperazine rings is 1. The van der Waals surface area contributed by atoms with Gasteiger partial charge in [-0.05, 0) is 18.2 Å². The van der Waals surface area contributed by atoms with E-state index in [2.05, 4.69) is 4.90 Å². The Labute approximate surface area is 127 Å². The number of nitrogens with two attached hydrogens (primary N) is 1. The Hall–Kier alpha value is -1.24. The van der Waals surface area contributed by atoms with Crippen LogP contribution in [0.4, 0.5) is 4.39 Å². The van der Waals surface area contributed by atoms with Gasteiger partial charge in [-0.15, -0.1) is 0 Å². The lowest BCUT2D eigenvalue weighted by molar-refractivity contribution is 0.0654. The van der Waals surface area contributed by atoms with Gasteiger partial charge in [0.2, 0.25) is 0 Å². The summed E-state index contributed by atoms with van der Waals surface area (Å²) in [5.74, 6) is -0.764. The molecule has 1 aromatic rings. The lowest BCUT2D eigenvalue weighted by Crippen LogP contribution is -2.50. The van der Waals surface area contributed by atoms with Crippen LogP contribution in [0.1, 0.15) is 10.4 Å². The van der Waals surface area contributed by atoms with Crippen molar-refractivity contribution in [2.45, 2.75) is 0 Å². The first kappa shape index (κ1) is 15.2. The molecule has 1 fully saturated rings. The van der Waals surface area contributed by atoms with E-state index in [1.807, 2.05) is 0 Å². The number of nitrogens with zero attached hydrogens (tertiary/aromatic N) is 2. The van der Waals surface area contributed by atoms with Crippen LogP contribution in [0.3, 0.4) is 0 Å². The second kappa shape index (κ2) is 6.47. The monoisotopic (exact) mass is 315 g/mol. The van der Waals surface area contributed by atoms with Gasteiger partial charge in [-0.25, -0.2) is 4.39 Å². The third kappa shape index (κ3) is 3.65. The van der Waals surface area contributed by atoms with E-state index in [9.17, 15) is 9.18 Å². The van der Waals surface area contributed by atoms with Gasteiger partial charge in [0.25, 0.3) is 5.91 Å². The third-order valence-electron chi connectivity index (χ3n) is 3.21. The Morgan fingerprint density at radius 2 is 2.00 bits per heavy atom. The molecule has 0 bridgehead atoms.